The van der Waals surface area contributed by atoms with Crippen LogP contribution in [0.3, 0.4) is 0 Å². The molecule has 0 aliphatic carbocycles. The van der Waals surface area contributed by atoms with Gasteiger partial charge in [0.2, 0.25) is 0 Å². The minimum absolute atomic E-state index is 0.00681. The van der Waals surface area contributed by atoms with E-state index in [-0.39, 0.29) is 17.4 Å². The van der Waals surface area contributed by atoms with Gasteiger partial charge in [0.15, 0.2) is 9.84 Å². The van der Waals surface area contributed by atoms with Crippen molar-refractivity contribution in [3.63, 3.8) is 0 Å². The van der Waals surface area contributed by atoms with Gasteiger partial charge < -0.3 is 10.4 Å². The fraction of sp³-hybridized carbons (Fsp3) is 0.188. The largest absolute Gasteiger partial charge is 0.506 e. The van der Waals surface area contributed by atoms with E-state index in [9.17, 15) is 18.3 Å². The number of aromatic hydroxyl groups is 1. The first kappa shape index (κ1) is 16.0. The minimum atomic E-state index is -3.10. The highest BCUT2D eigenvalue weighted by atomic mass is 32.2. The molecule has 0 unspecified atom stereocenters. The lowest BCUT2D eigenvalue weighted by Crippen LogP contribution is -2.12. The van der Waals surface area contributed by atoms with Crippen molar-refractivity contribution in [3.8, 4) is 5.75 Å². The molecule has 2 aromatic rings. The van der Waals surface area contributed by atoms with E-state index in [1.807, 2.05) is 6.92 Å². The normalized spacial score (nSPS) is 11.2. The Balaban J connectivity index is 2.15. The first-order valence-corrected chi connectivity index (χ1v) is 8.68. The van der Waals surface area contributed by atoms with Crippen LogP contribution in [-0.4, -0.2) is 25.7 Å². The summed E-state index contributed by atoms with van der Waals surface area (Å²) in [5.41, 5.74) is 2.26. The molecule has 6 heteroatoms. The monoisotopic (exact) mass is 319 g/mol. The van der Waals surface area contributed by atoms with Crippen LogP contribution in [0.5, 0.6) is 5.75 Å². The standard InChI is InChI=1S/C16H17NO4S/c1-11-3-8-15(18)14(9-11)17-16(19)13-6-4-12(5-7-13)10-22(2,20)21/h3-9,18H,10H2,1-2H3,(H,17,19). The third kappa shape index (κ3) is 4.33. The molecule has 0 atom stereocenters. The Kier molecular flexibility index (Phi) is 4.51. The minimum Gasteiger partial charge on any atom is -0.506 e. The molecule has 0 saturated heterocycles. The fourth-order valence-corrected chi connectivity index (χ4v) is 2.80. The van der Waals surface area contributed by atoms with Crippen molar-refractivity contribution in [1.29, 1.82) is 0 Å². The van der Waals surface area contributed by atoms with Crippen molar-refractivity contribution in [2.45, 2.75) is 12.7 Å². The van der Waals surface area contributed by atoms with E-state index < -0.39 is 9.84 Å². The highest BCUT2D eigenvalue weighted by Gasteiger charge is 2.10. The van der Waals surface area contributed by atoms with Gasteiger partial charge in [-0.25, -0.2) is 8.42 Å². The summed E-state index contributed by atoms with van der Waals surface area (Å²) in [4.78, 5) is 12.1. The van der Waals surface area contributed by atoms with Crippen molar-refractivity contribution in [1.82, 2.24) is 0 Å². The molecule has 0 bridgehead atoms. The molecule has 1 amide bonds. The molecule has 2 aromatic carbocycles. The Morgan fingerprint density at radius 3 is 2.36 bits per heavy atom. The van der Waals surface area contributed by atoms with E-state index in [0.29, 0.717) is 16.8 Å². The van der Waals surface area contributed by atoms with Crippen LogP contribution < -0.4 is 5.32 Å². The van der Waals surface area contributed by atoms with Crippen LogP contribution in [0.15, 0.2) is 42.5 Å². The predicted molar refractivity (Wildman–Crippen MR) is 85.8 cm³/mol. The van der Waals surface area contributed by atoms with E-state index in [0.717, 1.165) is 11.8 Å². The zero-order valence-electron chi connectivity index (χ0n) is 12.3. The molecule has 0 spiro atoms. The number of anilines is 1. The molecule has 5 nitrogen and oxygen atoms in total. The quantitative estimate of drug-likeness (QED) is 0.848. The van der Waals surface area contributed by atoms with Gasteiger partial charge in [-0.05, 0) is 42.3 Å². The van der Waals surface area contributed by atoms with Crippen molar-refractivity contribution < 1.29 is 18.3 Å². The van der Waals surface area contributed by atoms with Gasteiger partial charge in [0.25, 0.3) is 5.91 Å². The fourth-order valence-electron chi connectivity index (χ4n) is 2.00. The van der Waals surface area contributed by atoms with Gasteiger partial charge in [-0.1, -0.05) is 18.2 Å². The summed E-state index contributed by atoms with van der Waals surface area (Å²) in [6, 6.07) is 11.2. The number of phenolic OH excluding ortho intramolecular Hbond substituents is 1. The molecule has 22 heavy (non-hydrogen) atoms. The number of hydrogen-bond acceptors (Lipinski definition) is 4. The summed E-state index contributed by atoms with van der Waals surface area (Å²) in [5.74, 6) is -0.437. The predicted octanol–water partition coefficient (Wildman–Crippen LogP) is 2.50. The summed E-state index contributed by atoms with van der Waals surface area (Å²) in [7, 11) is -3.10. The summed E-state index contributed by atoms with van der Waals surface area (Å²) >= 11 is 0. The van der Waals surface area contributed by atoms with E-state index >= 15 is 0 Å². The van der Waals surface area contributed by atoms with Gasteiger partial charge in [0.1, 0.15) is 5.75 Å². The average molecular weight is 319 g/mol. The zero-order chi connectivity index (χ0) is 16.3. The number of phenols is 1. The molecule has 0 aliphatic heterocycles. The lowest BCUT2D eigenvalue weighted by Gasteiger charge is -2.08. The number of amides is 1. The van der Waals surface area contributed by atoms with Gasteiger partial charge >= 0.3 is 0 Å². The molecule has 116 valence electrons. The van der Waals surface area contributed by atoms with Gasteiger partial charge in [0.05, 0.1) is 11.4 Å². The summed E-state index contributed by atoms with van der Waals surface area (Å²) in [6.07, 6.45) is 1.16. The summed E-state index contributed by atoms with van der Waals surface area (Å²) in [5, 5.41) is 12.3. The Hall–Kier alpha value is -2.34. The molecular weight excluding hydrogens is 302 g/mol. The van der Waals surface area contributed by atoms with Crippen LogP contribution in [0.2, 0.25) is 0 Å². The molecule has 0 aliphatic rings. The zero-order valence-corrected chi connectivity index (χ0v) is 13.1. The lowest BCUT2D eigenvalue weighted by atomic mass is 10.1. The van der Waals surface area contributed by atoms with Crippen LogP contribution in [-0.2, 0) is 15.6 Å². The van der Waals surface area contributed by atoms with Crippen molar-refractivity contribution in [3.05, 3.63) is 59.2 Å². The van der Waals surface area contributed by atoms with Crippen LogP contribution >= 0.6 is 0 Å². The maximum absolute atomic E-state index is 12.1. The van der Waals surface area contributed by atoms with Crippen LogP contribution in [0.4, 0.5) is 5.69 Å². The molecule has 0 radical (unpaired) electrons. The maximum atomic E-state index is 12.1. The van der Waals surface area contributed by atoms with Crippen LogP contribution in [0.25, 0.3) is 0 Å². The number of benzene rings is 2. The number of hydrogen-bond donors (Lipinski definition) is 2. The molecular formula is C16H17NO4S. The summed E-state index contributed by atoms with van der Waals surface area (Å²) < 4.78 is 22.4. The number of carbonyl (C=O) groups excluding carboxylic acids is 1. The van der Waals surface area contributed by atoms with E-state index in [4.69, 9.17) is 0 Å². The summed E-state index contributed by atoms with van der Waals surface area (Å²) in [6.45, 7) is 1.86. The number of sulfone groups is 1. The van der Waals surface area contributed by atoms with Crippen molar-refractivity contribution in [2.24, 2.45) is 0 Å². The second-order valence-corrected chi connectivity index (χ2v) is 7.38. The van der Waals surface area contributed by atoms with E-state index in [1.165, 1.54) is 6.07 Å². The number of nitrogens with one attached hydrogen (secondary N) is 1. The molecule has 0 fully saturated rings. The smallest absolute Gasteiger partial charge is 0.255 e. The molecule has 0 saturated carbocycles. The van der Waals surface area contributed by atoms with Crippen molar-refractivity contribution >= 4 is 21.4 Å². The lowest BCUT2D eigenvalue weighted by molar-refractivity contribution is 0.102. The van der Waals surface area contributed by atoms with Crippen LogP contribution in [0, 0.1) is 6.92 Å². The van der Waals surface area contributed by atoms with Gasteiger partial charge in [-0.2, -0.15) is 0 Å². The van der Waals surface area contributed by atoms with Crippen molar-refractivity contribution in [2.75, 3.05) is 11.6 Å². The average Bonchev–Trinajstić information content (AvgIpc) is 2.42. The molecule has 0 heterocycles. The highest BCUT2D eigenvalue weighted by molar-refractivity contribution is 7.89. The van der Waals surface area contributed by atoms with E-state index in [1.54, 1.807) is 36.4 Å². The highest BCUT2D eigenvalue weighted by Crippen LogP contribution is 2.24. The number of aryl methyl sites for hydroxylation is 1. The van der Waals surface area contributed by atoms with Gasteiger partial charge in [-0.15, -0.1) is 0 Å². The molecule has 2 rings (SSSR count). The second-order valence-electron chi connectivity index (χ2n) is 5.24. The topological polar surface area (TPSA) is 83.5 Å². The van der Waals surface area contributed by atoms with E-state index in [2.05, 4.69) is 5.32 Å². The van der Waals surface area contributed by atoms with Gasteiger partial charge in [-0.3, -0.25) is 4.79 Å². The third-order valence-electron chi connectivity index (χ3n) is 3.05. The maximum Gasteiger partial charge on any atom is 0.255 e. The Morgan fingerprint density at radius 1 is 1.14 bits per heavy atom. The first-order chi connectivity index (χ1) is 10.2. The number of carbonyl (C=O) groups is 1. The SMILES string of the molecule is Cc1ccc(O)c(NC(=O)c2ccc(CS(C)(=O)=O)cc2)c1. The Labute approximate surface area is 129 Å². The molecule has 2 N–H and O–H groups in total. The van der Waals surface area contributed by atoms with Crippen LogP contribution in [0.1, 0.15) is 21.5 Å². The first-order valence-electron chi connectivity index (χ1n) is 6.62. The Bertz CT molecular complexity index is 795. The Morgan fingerprint density at radius 2 is 1.77 bits per heavy atom. The van der Waals surface area contributed by atoms with Gasteiger partial charge in [0, 0.05) is 11.8 Å². The second kappa shape index (κ2) is 6.19. The number of rotatable bonds is 4. The molecule has 0 aromatic heterocycles. The third-order valence-corrected chi connectivity index (χ3v) is 3.90.